The van der Waals surface area contributed by atoms with Gasteiger partial charge in [0, 0.05) is 7.05 Å². The van der Waals surface area contributed by atoms with Crippen molar-refractivity contribution in [3.8, 4) is 0 Å². The molecule has 1 aliphatic heterocycles. The molecule has 0 N–H and O–H groups in total. The molecule has 118 valence electrons. The second-order valence-electron chi connectivity index (χ2n) is 5.47. The van der Waals surface area contributed by atoms with Gasteiger partial charge in [-0.25, -0.2) is 0 Å². The summed E-state index contributed by atoms with van der Waals surface area (Å²) in [5, 5.41) is 0. The van der Waals surface area contributed by atoms with Crippen molar-refractivity contribution in [3.05, 3.63) is 60.2 Å². The summed E-state index contributed by atoms with van der Waals surface area (Å²) in [6.07, 6.45) is 0. The summed E-state index contributed by atoms with van der Waals surface area (Å²) < 4.78 is 5.27. The molecule has 2 aromatic carbocycles. The lowest BCUT2D eigenvalue weighted by atomic mass is 10.1. The molecule has 0 spiro atoms. The second-order valence-corrected chi connectivity index (χ2v) is 5.47. The number of anilines is 2. The Bertz CT molecular complexity index is 715. The fourth-order valence-electron chi connectivity index (χ4n) is 2.61. The molecule has 2 aromatic rings. The van der Waals surface area contributed by atoms with E-state index in [1.165, 1.54) is 4.90 Å². The summed E-state index contributed by atoms with van der Waals surface area (Å²) >= 11 is 0. The third-order valence-electron chi connectivity index (χ3n) is 3.79. The normalized spacial score (nSPS) is 13.7. The number of hydrogen-bond acceptors (Lipinski definition) is 4. The number of esters is 1. The van der Waals surface area contributed by atoms with Gasteiger partial charge in [-0.2, -0.15) is 0 Å². The van der Waals surface area contributed by atoms with Crippen LogP contribution >= 0.6 is 0 Å². The van der Waals surface area contributed by atoms with Gasteiger partial charge in [0.25, 0.3) is 0 Å². The van der Waals surface area contributed by atoms with E-state index in [-0.39, 0.29) is 25.6 Å². The molecule has 23 heavy (non-hydrogen) atoms. The lowest BCUT2D eigenvalue weighted by Crippen LogP contribution is -2.46. The van der Waals surface area contributed by atoms with E-state index in [0.717, 1.165) is 16.9 Å². The predicted octanol–water partition coefficient (Wildman–Crippen LogP) is 2.21. The van der Waals surface area contributed by atoms with E-state index in [2.05, 4.69) is 0 Å². The molecule has 0 radical (unpaired) electrons. The molecule has 1 amide bonds. The molecule has 0 atom stereocenters. The van der Waals surface area contributed by atoms with Crippen LogP contribution in [0.25, 0.3) is 0 Å². The number of para-hydroxylation sites is 2. The van der Waals surface area contributed by atoms with Crippen molar-refractivity contribution in [2.75, 3.05) is 29.9 Å². The molecule has 5 heteroatoms. The van der Waals surface area contributed by atoms with Gasteiger partial charge in [-0.15, -0.1) is 0 Å². The van der Waals surface area contributed by atoms with Crippen molar-refractivity contribution in [1.29, 1.82) is 0 Å². The topological polar surface area (TPSA) is 49.9 Å². The Hall–Kier alpha value is -2.82. The highest BCUT2D eigenvalue weighted by Gasteiger charge is 2.28. The summed E-state index contributed by atoms with van der Waals surface area (Å²) in [6.45, 7) is 0.392. The van der Waals surface area contributed by atoms with Crippen molar-refractivity contribution in [1.82, 2.24) is 0 Å². The molecule has 1 heterocycles. The van der Waals surface area contributed by atoms with Crippen molar-refractivity contribution >= 4 is 23.3 Å². The van der Waals surface area contributed by atoms with Gasteiger partial charge in [-0.3, -0.25) is 14.5 Å². The Labute approximate surface area is 135 Å². The zero-order valence-electron chi connectivity index (χ0n) is 12.9. The number of carbonyl (C=O) groups is 2. The number of rotatable bonds is 4. The van der Waals surface area contributed by atoms with Crippen LogP contribution in [0.2, 0.25) is 0 Å². The molecule has 0 saturated carbocycles. The highest BCUT2D eigenvalue weighted by molar-refractivity contribution is 6.05. The van der Waals surface area contributed by atoms with E-state index in [0.29, 0.717) is 0 Å². The maximum absolute atomic E-state index is 12.3. The maximum atomic E-state index is 12.3. The van der Waals surface area contributed by atoms with Crippen LogP contribution < -0.4 is 9.80 Å². The van der Waals surface area contributed by atoms with Gasteiger partial charge in [0.2, 0.25) is 5.91 Å². The van der Waals surface area contributed by atoms with Crippen molar-refractivity contribution in [3.63, 3.8) is 0 Å². The average molecular weight is 310 g/mol. The third kappa shape index (κ3) is 3.34. The first-order valence-corrected chi connectivity index (χ1v) is 7.45. The minimum absolute atomic E-state index is 0.0729. The summed E-state index contributed by atoms with van der Waals surface area (Å²) in [5.74, 6) is -0.524. The predicted molar refractivity (Wildman–Crippen MR) is 88.3 cm³/mol. The number of fused-ring (bicyclic) bond motifs is 1. The molecule has 0 unspecified atom stereocenters. The number of benzene rings is 2. The van der Waals surface area contributed by atoms with E-state index in [1.807, 2.05) is 66.5 Å². The third-order valence-corrected chi connectivity index (χ3v) is 3.79. The fourth-order valence-corrected chi connectivity index (χ4v) is 2.61. The van der Waals surface area contributed by atoms with Gasteiger partial charge in [0.05, 0.1) is 17.9 Å². The maximum Gasteiger partial charge on any atom is 0.326 e. The van der Waals surface area contributed by atoms with E-state index in [9.17, 15) is 9.59 Å². The first-order valence-electron chi connectivity index (χ1n) is 7.45. The lowest BCUT2D eigenvalue weighted by molar-refractivity contribution is -0.144. The molecule has 3 rings (SSSR count). The molecule has 0 aliphatic carbocycles. The zero-order chi connectivity index (χ0) is 16.2. The number of hydrogen-bond donors (Lipinski definition) is 0. The first-order chi connectivity index (χ1) is 11.1. The Morgan fingerprint density at radius 1 is 1.04 bits per heavy atom. The monoisotopic (exact) mass is 310 g/mol. The van der Waals surface area contributed by atoms with Gasteiger partial charge >= 0.3 is 5.97 Å². The fraction of sp³-hybridized carbons (Fsp3) is 0.222. The van der Waals surface area contributed by atoms with Crippen molar-refractivity contribution in [2.45, 2.75) is 6.61 Å². The summed E-state index contributed by atoms with van der Waals surface area (Å²) in [4.78, 5) is 27.7. The van der Waals surface area contributed by atoms with Crippen LogP contribution in [0.1, 0.15) is 5.56 Å². The van der Waals surface area contributed by atoms with E-state index >= 15 is 0 Å². The number of amides is 1. The Balaban J connectivity index is 1.68. The van der Waals surface area contributed by atoms with E-state index in [4.69, 9.17) is 4.74 Å². The minimum atomic E-state index is -0.415. The van der Waals surface area contributed by atoms with Crippen LogP contribution in [0.15, 0.2) is 54.6 Å². The van der Waals surface area contributed by atoms with E-state index < -0.39 is 5.97 Å². The van der Waals surface area contributed by atoms with Gasteiger partial charge in [-0.05, 0) is 17.7 Å². The Morgan fingerprint density at radius 2 is 1.70 bits per heavy atom. The zero-order valence-corrected chi connectivity index (χ0v) is 12.9. The van der Waals surface area contributed by atoms with Crippen LogP contribution in [0.4, 0.5) is 11.4 Å². The highest BCUT2D eigenvalue weighted by Crippen LogP contribution is 2.32. The smallest absolute Gasteiger partial charge is 0.326 e. The van der Waals surface area contributed by atoms with Gasteiger partial charge in [0.1, 0.15) is 13.2 Å². The molecular formula is C18H18N2O3. The van der Waals surface area contributed by atoms with Crippen LogP contribution in [0.3, 0.4) is 0 Å². The summed E-state index contributed by atoms with van der Waals surface area (Å²) in [5.41, 5.74) is 2.59. The average Bonchev–Trinajstić information content (AvgIpc) is 2.58. The first kappa shape index (κ1) is 15.1. The molecule has 5 nitrogen and oxygen atoms in total. The van der Waals surface area contributed by atoms with Gasteiger partial charge < -0.3 is 9.64 Å². The van der Waals surface area contributed by atoms with Crippen LogP contribution in [-0.2, 0) is 20.9 Å². The molecule has 0 fully saturated rings. The summed E-state index contributed by atoms with van der Waals surface area (Å²) in [6, 6.07) is 17.0. The number of carbonyl (C=O) groups excluding carboxylic acids is 2. The Morgan fingerprint density at radius 3 is 2.43 bits per heavy atom. The van der Waals surface area contributed by atoms with Crippen molar-refractivity contribution < 1.29 is 14.3 Å². The van der Waals surface area contributed by atoms with Gasteiger partial charge in [0.15, 0.2) is 0 Å². The molecular weight excluding hydrogens is 292 g/mol. The van der Waals surface area contributed by atoms with Gasteiger partial charge in [-0.1, -0.05) is 42.5 Å². The standard InChI is InChI=1S/C18H18N2O3/c1-19-11-17(21)20(16-10-6-5-9-15(16)19)12-18(22)23-13-14-7-3-2-4-8-14/h2-10H,11-13H2,1H3. The van der Waals surface area contributed by atoms with Crippen LogP contribution in [-0.4, -0.2) is 32.0 Å². The second kappa shape index (κ2) is 6.52. The molecule has 1 aliphatic rings. The number of nitrogens with zero attached hydrogens (tertiary/aromatic N) is 2. The quantitative estimate of drug-likeness (QED) is 0.813. The largest absolute Gasteiger partial charge is 0.459 e. The number of ether oxygens (including phenoxy) is 1. The minimum Gasteiger partial charge on any atom is -0.459 e. The highest BCUT2D eigenvalue weighted by atomic mass is 16.5. The lowest BCUT2D eigenvalue weighted by Gasteiger charge is -2.34. The SMILES string of the molecule is CN1CC(=O)N(CC(=O)OCc2ccccc2)c2ccccc21. The molecule has 0 aromatic heterocycles. The molecule has 0 bridgehead atoms. The number of likely N-dealkylation sites (N-methyl/N-ethyl adjacent to an activating group) is 1. The summed E-state index contributed by atoms with van der Waals surface area (Å²) in [7, 11) is 1.86. The van der Waals surface area contributed by atoms with E-state index in [1.54, 1.807) is 0 Å². The van der Waals surface area contributed by atoms with Crippen molar-refractivity contribution in [2.24, 2.45) is 0 Å². The Kier molecular flexibility index (Phi) is 4.28. The van der Waals surface area contributed by atoms with Crippen LogP contribution in [0.5, 0.6) is 0 Å². The van der Waals surface area contributed by atoms with Crippen LogP contribution in [0, 0.1) is 0 Å². The molecule has 0 saturated heterocycles.